The Morgan fingerprint density at radius 1 is 1.13 bits per heavy atom. The lowest BCUT2D eigenvalue weighted by Gasteiger charge is -2.20. The molecule has 9 heteroatoms. The first-order valence-corrected chi connectivity index (χ1v) is 10.7. The molecule has 0 fully saturated rings. The zero-order valence-corrected chi connectivity index (χ0v) is 18.3. The van der Waals surface area contributed by atoms with Gasteiger partial charge in [-0.3, -0.25) is 4.79 Å². The minimum Gasteiger partial charge on any atom is -0.341 e. The molecule has 0 saturated carbocycles. The predicted molar refractivity (Wildman–Crippen MR) is 115 cm³/mol. The number of aryl methyl sites for hydroxylation is 1. The maximum Gasteiger partial charge on any atom is 0.416 e. The quantitative estimate of drug-likeness (QED) is 0.475. The predicted octanol–water partition coefficient (Wildman–Crippen LogP) is 5.04. The van der Waals surface area contributed by atoms with E-state index in [1.54, 1.807) is 0 Å². The standard InChI is InChI=1S/C22H23F3N4OS/c1-4-29-20(16-10-7-8-15(2)12-16)26-27-21(29)31-14-19(30)28(3)13-17-9-5-6-11-18(17)22(23,24)25/h5-12H,4,13-14H2,1-3H3. The van der Waals surface area contributed by atoms with Crippen molar-refractivity contribution in [3.63, 3.8) is 0 Å². The van der Waals surface area contributed by atoms with Crippen LogP contribution in [0.4, 0.5) is 13.2 Å². The van der Waals surface area contributed by atoms with Gasteiger partial charge in [-0.1, -0.05) is 53.7 Å². The molecule has 3 rings (SSSR count). The van der Waals surface area contributed by atoms with E-state index in [1.807, 2.05) is 42.7 Å². The maximum absolute atomic E-state index is 13.2. The van der Waals surface area contributed by atoms with Crippen LogP contribution in [0.5, 0.6) is 0 Å². The number of amides is 1. The van der Waals surface area contributed by atoms with Crippen molar-refractivity contribution in [3.8, 4) is 11.4 Å². The van der Waals surface area contributed by atoms with Crippen LogP contribution >= 0.6 is 11.8 Å². The maximum atomic E-state index is 13.2. The van der Waals surface area contributed by atoms with Gasteiger partial charge in [0.15, 0.2) is 11.0 Å². The van der Waals surface area contributed by atoms with E-state index in [4.69, 9.17) is 0 Å². The Bertz CT molecular complexity index is 1060. The van der Waals surface area contributed by atoms with Gasteiger partial charge in [0.05, 0.1) is 11.3 Å². The van der Waals surface area contributed by atoms with Crippen LogP contribution in [0.1, 0.15) is 23.6 Å². The molecular formula is C22H23F3N4OS. The molecule has 0 bridgehead atoms. The molecule has 0 radical (unpaired) electrons. The first-order chi connectivity index (χ1) is 14.7. The first-order valence-electron chi connectivity index (χ1n) is 9.72. The highest BCUT2D eigenvalue weighted by molar-refractivity contribution is 7.99. The van der Waals surface area contributed by atoms with Crippen molar-refractivity contribution in [3.05, 3.63) is 65.2 Å². The van der Waals surface area contributed by atoms with E-state index in [0.717, 1.165) is 17.2 Å². The third-order valence-electron chi connectivity index (χ3n) is 4.79. The van der Waals surface area contributed by atoms with E-state index < -0.39 is 11.7 Å². The summed E-state index contributed by atoms with van der Waals surface area (Å²) in [5.41, 5.74) is 1.38. The number of nitrogens with zero attached hydrogens (tertiary/aromatic N) is 4. The summed E-state index contributed by atoms with van der Waals surface area (Å²) in [6.07, 6.45) is -4.46. The van der Waals surface area contributed by atoms with Crippen molar-refractivity contribution in [1.82, 2.24) is 19.7 Å². The molecule has 0 saturated heterocycles. The molecule has 5 nitrogen and oxygen atoms in total. The fourth-order valence-corrected chi connectivity index (χ4v) is 4.14. The molecule has 0 aliphatic rings. The van der Waals surface area contributed by atoms with Gasteiger partial charge >= 0.3 is 6.18 Å². The normalized spacial score (nSPS) is 11.5. The molecule has 1 amide bonds. The summed E-state index contributed by atoms with van der Waals surface area (Å²) < 4.78 is 41.5. The van der Waals surface area contributed by atoms with Crippen LogP contribution < -0.4 is 0 Å². The molecule has 0 spiro atoms. The van der Waals surface area contributed by atoms with Crippen molar-refractivity contribution in [1.29, 1.82) is 0 Å². The van der Waals surface area contributed by atoms with Crippen LogP contribution in [0, 0.1) is 6.92 Å². The van der Waals surface area contributed by atoms with Gasteiger partial charge in [0.2, 0.25) is 5.91 Å². The highest BCUT2D eigenvalue weighted by Crippen LogP contribution is 2.32. The molecule has 0 unspecified atom stereocenters. The van der Waals surface area contributed by atoms with E-state index in [9.17, 15) is 18.0 Å². The van der Waals surface area contributed by atoms with Crippen molar-refractivity contribution < 1.29 is 18.0 Å². The van der Waals surface area contributed by atoms with Gasteiger partial charge < -0.3 is 9.47 Å². The molecule has 31 heavy (non-hydrogen) atoms. The van der Waals surface area contributed by atoms with Crippen molar-refractivity contribution in [2.45, 2.75) is 38.3 Å². The van der Waals surface area contributed by atoms with Gasteiger partial charge in [-0.2, -0.15) is 13.2 Å². The molecule has 0 aliphatic carbocycles. The second-order valence-corrected chi connectivity index (χ2v) is 8.06. The Balaban J connectivity index is 1.69. The van der Waals surface area contributed by atoms with Gasteiger partial charge in [0.25, 0.3) is 0 Å². The zero-order chi connectivity index (χ0) is 22.6. The van der Waals surface area contributed by atoms with Crippen molar-refractivity contribution >= 4 is 17.7 Å². The molecule has 3 aromatic rings. The summed E-state index contributed by atoms with van der Waals surface area (Å²) in [4.78, 5) is 13.9. The first kappa shape index (κ1) is 22.9. The molecule has 0 aliphatic heterocycles. The second kappa shape index (κ2) is 9.55. The Labute approximate surface area is 183 Å². The Hall–Kier alpha value is -2.81. The van der Waals surface area contributed by atoms with Gasteiger partial charge in [-0.25, -0.2) is 0 Å². The minimum absolute atomic E-state index is 0.0522. The summed E-state index contributed by atoms with van der Waals surface area (Å²) in [5, 5.41) is 9.07. The zero-order valence-electron chi connectivity index (χ0n) is 17.5. The number of carbonyl (C=O) groups is 1. The lowest BCUT2D eigenvalue weighted by atomic mass is 10.1. The van der Waals surface area contributed by atoms with E-state index >= 15 is 0 Å². The Morgan fingerprint density at radius 3 is 2.55 bits per heavy atom. The smallest absolute Gasteiger partial charge is 0.341 e. The number of alkyl halides is 3. The summed E-state index contributed by atoms with van der Waals surface area (Å²) in [7, 11) is 1.50. The Kier molecular flexibility index (Phi) is 7.04. The van der Waals surface area contributed by atoms with Crippen LogP contribution in [-0.4, -0.2) is 38.4 Å². The van der Waals surface area contributed by atoms with Gasteiger partial charge in [0.1, 0.15) is 0 Å². The molecular weight excluding hydrogens is 425 g/mol. The van der Waals surface area contributed by atoms with Crippen molar-refractivity contribution in [2.24, 2.45) is 0 Å². The largest absolute Gasteiger partial charge is 0.416 e. The summed E-state index contributed by atoms with van der Waals surface area (Å²) >= 11 is 1.22. The number of halogens is 3. The van der Waals surface area contributed by atoms with Crippen LogP contribution in [0.3, 0.4) is 0 Å². The molecule has 164 valence electrons. The average Bonchev–Trinajstić information content (AvgIpc) is 3.14. The topological polar surface area (TPSA) is 51.0 Å². The fourth-order valence-electron chi connectivity index (χ4n) is 3.19. The third-order valence-corrected chi connectivity index (χ3v) is 5.74. The third kappa shape index (κ3) is 5.46. The summed E-state index contributed by atoms with van der Waals surface area (Å²) in [6.45, 7) is 4.47. The fraction of sp³-hybridized carbons (Fsp3) is 0.318. The van der Waals surface area contributed by atoms with E-state index in [0.29, 0.717) is 17.5 Å². The number of benzene rings is 2. The SMILES string of the molecule is CCn1c(SCC(=O)N(C)Cc2ccccc2C(F)(F)F)nnc1-c1cccc(C)c1. The average molecular weight is 449 g/mol. The van der Waals surface area contributed by atoms with Gasteiger partial charge in [-0.15, -0.1) is 10.2 Å². The van der Waals surface area contributed by atoms with E-state index in [1.165, 1.54) is 41.9 Å². The van der Waals surface area contributed by atoms with Crippen LogP contribution in [0.25, 0.3) is 11.4 Å². The number of hydrogen-bond donors (Lipinski definition) is 0. The van der Waals surface area contributed by atoms with Crippen LogP contribution in [-0.2, 0) is 24.1 Å². The highest BCUT2D eigenvalue weighted by atomic mass is 32.2. The second-order valence-electron chi connectivity index (χ2n) is 7.11. The molecule has 2 aromatic carbocycles. The molecule has 0 N–H and O–H groups in total. The van der Waals surface area contributed by atoms with Crippen molar-refractivity contribution in [2.75, 3.05) is 12.8 Å². The molecule has 0 atom stereocenters. The number of aromatic nitrogens is 3. The van der Waals surface area contributed by atoms with Gasteiger partial charge in [-0.05, 0) is 31.5 Å². The highest BCUT2D eigenvalue weighted by Gasteiger charge is 2.33. The lowest BCUT2D eigenvalue weighted by molar-refractivity contribution is -0.139. The number of thioether (sulfide) groups is 1. The van der Waals surface area contributed by atoms with Gasteiger partial charge in [0, 0.05) is 25.7 Å². The summed E-state index contributed by atoms with van der Waals surface area (Å²) in [5.74, 6) is 0.481. The summed E-state index contributed by atoms with van der Waals surface area (Å²) in [6, 6.07) is 13.2. The molecule has 1 heterocycles. The molecule has 1 aromatic heterocycles. The lowest BCUT2D eigenvalue weighted by Crippen LogP contribution is -2.29. The number of hydrogen-bond acceptors (Lipinski definition) is 4. The monoisotopic (exact) mass is 448 g/mol. The van der Waals surface area contributed by atoms with E-state index in [-0.39, 0.29) is 23.8 Å². The minimum atomic E-state index is -4.46. The number of rotatable bonds is 7. The Morgan fingerprint density at radius 2 is 1.87 bits per heavy atom. The van der Waals surface area contributed by atoms with Crippen LogP contribution in [0.2, 0.25) is 0 Å². The number of carbonyl (C=O) groups excluding carboxylic acids is 1. The van der Waals surface area contributed by atoms with Crippen LogP contribution in [0.15, 0.2) is 53.7 Å². The van der Waals surface area contributed by atoms with E-state index in [2.05, 4.69) is 10.2 Å².